The molecule has 2 aromatic carbocycles. The van der Waals surface area contributed by atoms with Crippen LogP contribution in [0.5, 0.6) is 5.75 Å². The van der Waals surface area contributed by atoms with Gasteiger partial charge in [0, 0.05) is 27.2 Å². The molecule has 5 heteroatoms. The third kappa shape index (κ3) is 2.10. The summed E-state index contributed by atoms with van der Waals surface area (Å²) in [5, 5.41) is 0. The van der Waals surface area contributed by atoms with Gasteiger partial charge in [-0.2, -0.15) is 0 Å². The second kappa shape index (κ2) is 5.36. The fourth-order valence-corrected chi connectivity index (χ4v) is 5.51. The molecule has 0 N–H and O–H groups in total. The highest BCUT2D eigenvalue weighted by atomic mass is 79.9. The van der Waals surface area contributed by atoms with E-state index in [0.29, 0.717) is 0 Å². The highest BCUT2D eigenvalue weighted by molar-refractivity contribution is 9.11. The molecule has 0 bridgehead atoms. The first-order valence-corrected chi connectivity index (χ1v) is 10.1. The predicted molar refractivity (Wildman–Crippen MR) is 110 cm³/mol. The zero-order valence-electron chi connectivity index (χ0n) is 13.5. The van der Waals surface area contributed by atoms with Gasteiger partial charge >= 0.3 is 0 Å². The largest absolute Gasteiger partial charge is 0.462 e. The minimum absolute atomic E-state index is 0.207. The summed E-state index contributed by atoms with van der Waals surface area (Å²) in [6, 6.07) is 10.5. The summed E-state index contributed by atoms with van der Waals surface area (Å²) in [4.78, 5) is 2.24. The Balaban J connectivity index is 1.92. The van der Waals surface area contributed by atoms with Crippen molar-refractivity contribution >= 4 is 59.6 Å². The summed E-state index contributed by atoms with van der Waals surface area (Å²) < 4.78 is 9.75. The second-order valence-corrected chi connectivity index (χ2v) is 9.47. The quantitative estimate of drug-likeness (QED) is 0.398. The van der Waals surface area contributed by atoms with E-state index in [4.69, 9.17) is 4.74 Å². The summed E-state index contributed by atoms with van der Waals surface area (Å²) in [5.74, 6) is 0.882. The smallest absolute Gasteiger partial charge is 0.211 e. The van der Waals surface area contributed by atoms with Gasteiger partial charge in [0.1, 0.15) is 5.75 Å². The Kier molecular flexibility index (Phi) is 3.72. The van der Waals surface area contributed by atoms with Crippen LogP contribution < -0.4 is 9.64 Å². The monoisotopic (exact) mass is 511 g/mol. The van der Waals surface area contributed by atoms with Gasteiger partial charge in [0.2, 0.25) is 5.72 Å². The Morgan fingerprint density at radius 2 is 1.75 bits per heavy atom. The van der Waals surface area contributed by atoms with Crippen molar-refractivity contribution in [2.75, 3.05) is 11.9 Å². The average Bonchev–Trinajstić information content (AvgIpc) is 2.67. The van der Waals surface area contributed by atoms with E-state index in [9.17, 15) is 0 Å². The van der Waals surface area contributed by atoms with Crippen LogP contribution in [0.3, 0.4) is 0 Å². The third-order valence-electron chi connectivity index (χ3n) is 5.17. The number of rotatable bonds is 0. The van der Waals surface area contributed by atoms with Gasteiger partial charge in [0.05, 0.1) is 9.89 Å². The number of fused-ring (bicyclic) bond motifs is 2. The maximum absolute atomic E-state index is 6.67. The number of ether oxygens (including phenoxy) is 1. The summed E-state index contributed by atoms with van der Waals surface area (Å²) in [5.41, 5.74) is 2.79. The lowest BCUT2D eigenvalue weighted by Gasteiger charge is -2.46. The Bertz CT molecular complexity index is 890. The van der Waals surface area contributed by atoms with E-state index >= 15 is 0 Å². The number of halogens is 3. The Hall–Kier alpha value is -0.780. The van der Waals surface area contributed by atoms with Crippen molar-refractivity contribution in [3.05, 3.63) is 61.0 Å². The molecule has 0 radical (unpaired) electrons. The standard InChI is InChI=1S/C19H16Br3NO/c1-18(2)14-9-12(20)4-5-16(14)23(3)19(18)7-6-11-8-13(21)10-15(22)17(11)24-19/h4-10H,1-3H3. The average molecular weight is 514 g/mol. The molecule has 2 heterocycles. The van der Waals surface area contributed by atoms with E-state index in [1.165, 1.54) is 11.3 Å². The van der Waals surface area contributed by atoms with Crippen LogP contribution in [0.1, 0.15) is 25.0 Å². The van der Waals surface area contributed by atoms with E-state index in [0.717, 1.165) is 24.7 Å². The Labute approximate surface area is 167 Å². The molecule has 2 aliphatic rings. The van der Waals surface area contributed by atoms with Crippen LogP contribution >= 0.6 is 47.8 Å². The summed E-state index contributed by atoms with van der Waals surface area (Å²) in [6.45, 7) is 4.48. The van der Waals surface area contributed by atoms with E-state index in [1.807, 2.05) is 6.07 Å². The van der Waals surface area contributed by atoms with Crippen LogP contribution in [0, 0.1) is 0 Å². The lowest BCUT2D eigenvalue weighted by Crippen LogP contribution is -2.58. The van der Waals surface area contributed by atoms with Crippen molar-refractivity contribution < 1.29 is 4.74 Å². The van der Waals surface area contributed by atoms with Gasteiger partial charge in [-0.05, 0) is 77.8 Å². The van der Waals surface area contributed by atoms with E-state index in [1.54, 1.807) is 0 Å². The van der Waals surface area contributed by atoms with Gasteiger partial charge in [-0.15, -0.1) is 0 Å². The van der Waals surface area contributed by atoms with Crippen molar-refractivity contribution in [2.24, 2.45) is 0 Å². The number of hydrogen-bond donors (Lipinski definition) is 0. The molecule has 0 saturated heterocycles. The minimum Gasteiger partial charge on any atom is -0.462 e. The van der Waals surface area contributed by atoms with E-state index in [2.05, 4.69) is 110 Å². The number of benzene rings is 2. The van der Waals surface area contributed by atoms with Gasteiger partial charge in [0.15, 0.2) is 0 Å². The van der Waals surface area contributed by atoms with Crippen molar-refractivity contribution in [3.63, 3.8) is 0 Å². The maximum atomic E-state index is 6.67. The van der Waals surface area contributed by atoms with Crippen LogP contribution in [-0.2, 0) is 5.41 Å². The lowest BCUT2D eigenvalue weighted by atomic mass is 9.76. The summed E-state index contributed by atoms with van der Waals surface area (Å²) in [6.07, 6.45) is 4.34. The molecule has 124 valence electrons. The summed E-state index contributed by atoms with van der Waals surface area (Å²) >= 11 is 10.8. The number of nitrogens with zero attached hydrogens (tertiary/aromatic N) is 1. The third-order valence-corrected chi connectivity index (χ3v) is 6.71. The van der Waals surface area contributed by atoms with Crippen molar-refractivity contribution in [1.29, 1.82) is 0 Å². The topological polar surface area (TPSA) is 12.5 Å². The second-order valence-electron chi connectivity index (χ2n) is 6.78. The molecule has 1 spiro atoms. The highest BCUT2D eigenvalue weighted by Crippen LogP contribution is 2.55. The Morgan fingerprint density at radius 3 is 2.50 bits per heavy atom. The van der Waals surface area contributed by atoms with Gasteiger partial charge in [-0.25, -0.2) is 0 Å². The zero-order chi connectivity index (χ0) is 17.3. The fourth-order valence-electron chi connectivity index (χ4n) is 3.81. The first-order chi connectivity index (χ1) is 11.3. The van der Waals surface area contributed by atoms with Crippen LogP contribution in [0.25, 0.3) is 6.08 Å². The number of likely N-dealkylation sites (N-methyl/N-ethyl adjacent to an activating group) is 1. The van der Waals surface area contributed by atoms with Gasteiger partial charge in [-0.1, -0.05) is 31.9 Å². The first-order valence-electron chi connectivity index (χ1n) is 7.67. The predicted octanol–water partition coefficient (Wildman–Crippen LogP) is 6.50. The molecule has 24 heavy (non-hydrogen) atoms. The Morgan fingerprint density at radius 1 is 1.00 bits per heavy atom. The van der Waals surface area contributed by atoms with Crippen molar-refractivity contribution in [1.82, 2.24) is 0 Å². The molecule has 0 aliphatic carbocycles. The zero-order valence-corrected chi connectivity index (χ0v) is 18.3. The lowest BCUT2D eigenvalue weighted by molar-refractivity contribution is 0.0573. The van der Waals surface area contributed by atoms with Crippen LogP contribution in [0.15, 0.2) is 49.8 Å². The molecule has 2 aliphatic heterocycles. The molecule has 2 nitrogen and oxygen atoms in total. The molecule has 2 aromatic rings. The van der Waals surface area contributed by atoms with E-state index in [-0.39, 0.29) is 5.41 Å². The van der Waals surface area contributed by atoms with Gasteiger partial charge < -0.3 is 9.64 Å². The van der Waals surface area contributed by atoms with Gasteiger partial charge in [0.25, 0.3) is 0 Å². The SMILES string of the molecule is CN1c2ccc(Br)cc2C(C)(C)C12C=Cc1cc(Br)cc(Br)c1O2. The number of anilines is 1. The van der Waals surface area contributed by atoms with Gasteiger partial charge in [-0.3, -0.25) is 0 Å². The minimum atomic E-state index is -0.556. The molecule has 0 aromatic heterocycles. The highest BCUT2D eigenvalue weighted by Gasteiger charge is 2.57. The molecular weight excluding hydrogens is 498 g/mol. The summed E-state index contributed by atoms with van der Waals surface area (Å²) in [7, 11) is 2.10. The van der Waals surface area contributed by atoms with E-state index < -0.39 is 5.72 Å². The first kappa shape index (κ1) is 16.7. The molecule has 0 fully saturated rings. The molecule has 0 amide bonds. The number of hydrogen-bond acceptors (Lipinski definition) is 2. The molecule has 1 atom stereocenters. The fraction of sp³-hybridized carbons (Fsp3) is 0.263. The molecular formula is C19H16Br3NO. The molecule has 1 unspecified atom stereocenters. The van der Waals surface area contributed by atoms with Crippen molar-refractivity contribution in [3.8, 4) is 5.75 Å². The maximum Gasteiger partial charge on any atom is 0.211 e. The van der Waals surface area contributed by atoms with Crippen LogP contribution in [-0.4, -0.2) is 12.8 Å². The normalized spacial score (nSPS) is 23.2. The molecule has 0 saturated carbocycles. The van der Waals surface area contributed by atoms with Crippen molar-refractivity contribution in [2.45, 2.75) is 25.0 Å². The molecule has 4 rings (SSSR count). The van der Waals surface area contributed by atoms with Crippen LogP contribution in [0.4, 0.5) is 5.69 Å². The van der Waals surface area contributed by atoms with Crippen LogP contribution in [0.2, 0.25) is 0 Å².